The Morgan fingerprint density at radius 1 is 1.35 bits per heavy atom. The molecule has 8 nitrogen and oxygen atoms in total. The molecule has 0 spiro atoms. The van der Waals surface area contributed by atoms with E-state index in [1.807, 2.05) is 0 Å². The third-order valence-electron chi connectivity index (χ3n) is 2.52. The maximum Gasteiger partial charge on any atom is 0.264 e. The molecule has 1 fully saturated rings. The molecule has 0 aromatic heterocycles. The summed E-state index contributed by atoms with van der Waals surface area (Å²) in [5.74, 6) is -0.790. The summed E-state index contributed by atoms with van der Waals surface area (Å²) < 4.78 is 26.3. The minimum Gasteiger partial charge on any atom is -0.326 e. The minimum atomic E-state index is -3.83. The second-order valence-corrected chi connectivity index (χ2v) is 5.87. The van der Waals surface area contributed by atoms with Crippen LogP contribution in [0.25, 0.3) is 0 Å². The number of carbonyl (C=O) groups is 2. The van der Waals surface area contributed by atoms with Gasteiger partial charge in [0.25, 0.3) is 5.91 Å². The van der Waals surface area contributed by atoms with Crippen molar-refractivity contribution in [3.8, 4) is 0 Å². The molecule has 9 heteroatoms. The lowest BCUT2D eigenvalue weighted by Gasteiger charge is -2.10. The van der Waals surface area contributed by atoms with Crippen LogP contribution >= 0.6 is 0 Å². The Labute approximate surface area is 115 Å². The van der Waals surface area contributed by atoms with E-state index in [-0.39, 0.29) is 17.4 Å². The molecular weight excluding hydrogens is 286 g/mol. The number of carbonyl (C=O) groups excluding carboxylic acids is 2. The number of hydrogen-bond acceptors (Lipinski definition) is 5. The number of rotatable bonds is 4. The highest BCUT2D eigenvalue weighted by atomic mass is 32.2. The molecule has 1 unspecified atom stereocenters. The second-order valence-electron chi connectivity index (χ2n) is 4.16. The number of amides is 2. The van der Waals surface area contributed by atoms with Gasteiger partial charge in [-0.2, -0.15) is 4.72 Å². The molecule has 1 saturated heterocycles. The van der Waals surface area contributed by atoms with Crippen molar-refractivity contribution in [1.82, 2.24) is 10.2 Å². The van der Waals surface area contributed by atoms with Gasteiger partial charge in [0, 0.05) is 12.6 Å². The van der Waals surface area contributed by atoms with E-state index in [2.05, 4.69) is 20.4 Å². The molecule has 108 valence electrons. The van der Waals surface area contributed by atoms with Gasteiger partial charge in [0.1, 0.15) is 12.6 Å². The zero-order chi connectivity index (χ0) is 14.8. The van der Waals surface area contributed by atoms with Crippen LogP contribution in [0, 0.1) is 0 Å². The quantitative estimate of drug-likeness (QED) is 0.684. The largest absolute Gasteiger partial charge is 0.326 e. The Morgan fingerprint density at radius 3 is 2.50 bits per heavy atom. The summed E-state index contributed by atoms with van der Waals surface area (Å²) in [7, 11) is -3.83. The molecule has 1 aromatic carbocycles. The average Bonchev–Trinajstić information content (AvgIpc) is 2.74. The summed E-state index contributed by atoms with van der Waals surface area (Å²) in [4.78, 5) is 26.7. The van der Waals surface area contributed by atoms with E-state index in [0.29, 0.717) is 5.69 Å². The van der Waals surface area contributed by atoms with Crippen LogP contribution in [0.15, 0.2) is 29.2 Å². The first kappa shape index (κ1) is 14.4. The van der Waals surface area contributed by atoms with Crippen LogP contribution in [-0.4, -0.2) is 32.9 Å². The molecule has 1 aliphatic heterocycles. The predicted octanol–water partition coefficient (Wildman–Crippen LogP) is -0.647. The molecule has 0 bridgehead atoms. The number of sulfonamides is 1. The normalized spacial score (nSPS) is 18.6. The Morgan fingerprint density at radius 2 is 2.00 bits per heavy atom. The first-order valence-corrected chi connectivity index (χ1v) is 7.18. The lowest BCUT2D eigenvalue weighted by Crippen LogP contribution is -2.41. The molecule has 2 amide bonds. The van der Waals surface area contributed by atoms with Crippen molar-refractivity contribution in [3.05, 3.63) is 24.3 Å². The summed E-state index contributed by atoms with van der Waals surface area (Å²) in [6, 6.07) is 4.64. The van der Waals surface area contributed by atoms with Gasteiger partial charge in [-0.05, 0) is 24.3 Å². The molecule has 1 atom stereocenters. The molecule has 0 radical (unpaired) electrons. The first-order chi connectivity index (χ1) is 9.38. The van der Waals surface area contributed by atoms with E-state index in [9.17, 15) is 18.0 Å². The van der Waals surface area contributed by atoms with Gasteiger partial charge in [0.2, 0.25) is 15.9 Å². The Balaban J connectivity index is 2.13. The lowest BCUT2D eigenvalue weighted by molar-refractivity contribution is -0.124. The Bertz CT molecular complexity index is 626. The van der Waals surface area contributed by atoms with E-state index < -0.39 is 22.0 Å². The van der Waals surface area contributed by atoms with Gasteiger partial charge in [0.15, 0.2) is 0 Å². The Hall–Kier alpha value is -1.97. The highest BCUT2D eigenvalue weighted by Crippen LogP contribution is 2.14. The molecule has 1 aromatic rings. The maximum absolute atomic E-state index is 12.0. The molecule has 1 heterocycles. The minimum absolute atomic E-state index is 0.00805. The van der Waals surface area contributed by atoms with Crippen molar-refractivity contribution in [2.75, 3.05) is 11.9 Å². The summed E-state index contributed by atoms with van der Waals surface area (Å²) >= 11 is 0. The van der Waals surface area contributed by atoms with E-state index in [1.165, 1.54) is 31.2 Å². The molecular formula is C11H13N3O5S. The predicted molar refractivity (Wildman–Crippen MR) is 68.9 cm³/mol. The molecule has 20 heavy (non-hydrogen) atoms. The van der Waals surface area contributed by atoms with Crippen molar-refractivity contribution in [1.29, 1.82) is 0 Å². The number of nitrogens with one attached hydrogen (secondary N) is 3. The summed E-state index contributed by atoms with van der Waals surface area (Å²) in [6.07, 6.45) is 0. The SMILES string of the molecule is CC(=O)Nc1ccc(S(=O)(=O)NC2CONC2=O)cc1. The second kappa shape index (κ2) is 5.57. The maximum atomic E-state index is 12.0. The number of benzene rings is 1. The smallest absolute Gasteiger partial charge is 0.264 e. The fourth-order valence-electron chi connectivity index (χ4n) is 1.61. The first-order valence-electron chi connectivity index (χ1n) is 5.70. The summed E-state index contributed by atoms with van der Waals surface area (Å²) in [5, 5.41) is 2.53. The van der Waals surface area contributed by atoms with Crippen LogP contribution in [0.1, 0.15) is 6.92 Å². The number of anilines is 1. The van der Waals surface area contributed by atoms with Crippen LogP contribution in [0.5, 0.6) is 0 Å². The average molecular weight is 299 g/mol. The molecule has 3 N–H and O–H groups in total. The fourth-order valence-corrected chi connectivity index (χ4v) is 2.79. The molecule has 2 rings (SSSR count). The highest BCUT2D eigenvalue weighted by molar-refractivity contribution is 7.89. The third kappa shape index (κ3) is 3.32. The van der Waals surface area contributed by atoms with E-state index in [1.54, 1.807) is 0 Å². The van der Waals surface area contributed by atoms with Gasteiger partial charge in [0.05, 0.1) is 4.90 Å². The lowest BCUT2D eigenvalue weighted by atomic mass is 10.3. The third-order valence-corrected chi connectivity index (χ3v) is 4.01. The number of hydrogen-bond donors (Lipinski definition) is 3. The van der Waals surface area contributed by atoms with E-state index in [0.717, 1.165) is 0 Å². The topological polar surface area (TPSA) is 114 Å². The summed E-state index contributed by atoms with van der Waals surface area (Å²) in [6.45, 7) is 1.28. The van der Waals surface area contributed by atoms with E-state index >= 15 is 0 Å². The molecule has 0 aliphatic carbocycles. The van der Waals surface area contributed by atoms with Crippen LogP contribution in [0.3, 0.4) is 0 Å². The standard InChI is InChI=1S/C11H13N3O5S/c1-7(15)12-8-2-4-9(5-3-8)20(17,18)14-10-6-19-13-11(10)16/h2-5,10,14H,6H2,1H3,(H,12,15)(H,13,16). The molecule has 0 saturated carbocycles. The van der Waals surface area contributed by atoms with Crippen LogP contribution in [0.4, 0.5) is 5.69 Å². The monoisotopic (exact) mass is 299 g/mol. The van der Waals surface area contributed by atoms with Crippen LogP contribution in [0.2, 0.25) is 0 Å². The van der Waals surface area contributed by atoms with Gasteiger partial charge < -0.3 is 5.32 Å². The Kier molecular flexibility index (Phi) is 4.02. The van der Waals surface area contributed by atoms with Crippen molar-refractivity contribution < 1.29 is 22.8 Å². The fraction of sp³-hybridized carbons (Fsp3) is 0.273. The van der Waals surface area contributed by atoms with Crippen LogP contribution in [-0.2, 0) is 24.4 Å². The number of hydroxylamine groups is 1. The zero-order valence-corrected chi connectivity index (χ0v) is 11.4. The van der Waals surface area contributed by atoms with Crippen molar-refractivity contribution in [2.45, 2.75) is 17.9 Å². The van der Waals surface area contributed by atoms with Gasteiger partial charge >= 0.3 is 0 Å². The van der Waals surface area contributed by atoms with Gasteiger partial charge in [-0.1, -0.05) is 0 Å². The van der Waals surface area contributed by atoms with Gasteiger partial charge in [-0.3, -0.25) is 14.4 Å². The van der Waals surface area contributed by atoms with Gasteiger partial charge in [-0.15, -0.1) is 0 Å². The van der Waals surface area contributed by atoms with Crippen LogP contribution < -0.4 is 15.5 Å². The highest BCUT2D eigenvalue weighted by Gasteiger charge is 2.30. The van der Waals surface area contributed by atoms with Crippen molar-refractivity contribution >= 4 is 27.5 Å². The zero-order valence-electron chi connectivity index (χ0n) is 10.5. The summed E-state index contributed by atoms with van der Waals surface area (Å²) in [5.41, 5.74) is 2.55. The van der Waals surface area contributed by atoms with Crippen molar-refractivity contribution in [3.63, 3.8) is 0 Å². The molecule has 1 aliphatic rings. The van der Waals surface area contributed by atoms with E-state index in [4.69, 9.17) is 0 Å². The van der Waals surface area contributed by atoms with Crippen molar-refractivity contribution in [2.24, 2.45) is 0 Å². The van der Waals surface area contributed by atoms with Gasteiger partial charge in [-0.25, -0.2) is 13.9 Å².